The lowest BCUT2D eigenvalue weighted by Crippen LogP contribution is -2.43. The van der Waals surface area contributed by atoms with Crippen LogP contribution in [0.4, 0.5) is 0 Å². The van der Waals surface area contributed by atoms with Gasteiger partial charge in [0, 0.05) is 37.4 Å². The standard InChI is InChI=1S/C28H36N4O5/c1-35-21-9-10-29-22(16-21)28(34)31-11-3-4-13-37-26-15-19(7-8-25(26)36-2)24-14-20(17-30-27(33)18-31)23-6-5-12-32(23)24/h7-10,15-16,20,23-24H,3-6,11-14,17-18H2,1-2H3,(H,30,33)/t20-,23+,24-/m1/s1. The number of amides is 2. The number of ether oxygens (including phenoxy) is 3. The van der Waals surface area contributed by atoms with Crippen LogP contribution in [0, 0.1) is 5.92 Å². The summed E-state index contributed by atoms with van der Waals surface area (Å²) in [5.41, 5.74) is 1.51. The van der Waals surface area contributed by atoms with Gasteiger partial charge in [-0.05, 0) is 68.3 Å². The molecule has 1 aromatic heterocycles. The van der Waals surface area contributed by atoms with Crippen LogP contribution in [-0.2, 0) is 4.79 Å². The third-order valence-electron chi connectivity index (χ3n) is 7.83. The molecule has 3 aliphatic heterocycles. The van der Waals surface area contributed by atoms with Crippen LogP contribution in [0.15, 0.2) is 36.5 Å². The van der Waals surface area contributed by atoms with Gasteiger partial charge in [0.1, 0.15) is 11.4 Å². The average Bonchev–Trinajstić information content (AvgIpc) is 3.53. The molecule has 1 N–H and O–H groups in total. The predicted octanol–water partition coefficient (Wildman–Crippen LogP) is 3.06. The maximum atomic E-state index is 13.3. The van der Waals surface area contributed by atoms with E-state index in [1.807, 2.05) is 6.07 Å². The minimum atomic E-state index is -0.284. The number of nitrogens with zero attached hydrogens (tertiary/aromatic N) is 3. The van der Waals surface area contributed by atoms with Crippen LogP contribution in [0.3, 0.4) is 0 Å². The van der Waals surface area contributed by atoms with Crippen molar-refractivity contribution in [2.45, 2.75) is 44.2 Å². The van der Waals surface area contributed by atoms with Crippen molar-refractivity contribution in [1.82, 2.24) is 20.1 Å². The van der Waals surface area contributed by atoms with E-state index in [0.717, 1.165) is 37.3 Å². The van der Waals surface area contributed by atoms with Gasteiger partial charge < -0.3 is 24.4 Å². The molecule has 2 saturated heterocycles. The van der Waals surface area contributed by atoms with Crippen LogP contribution in [0.1, 0.15) is 54.2 Å². The molecule has 37 heavy (non-hydrogen) atoms. The van der Waals surface area contributed by atoms with E-state index in [2.05, 4.69) is 27.3 Å². The summed E-state index contributed by atoms with van der Waals surface area (Å²) in [5.74, 6) is 1.98. The topological polar surface area (TPSA) is 93.2 Å². The molecular weight excluding hydrogens is 472 g/mol. The number of carbonyl (C=O) groups excluding carboxylic acids is 2. The van der Waals surface area contributed by atoms with E-state index in [-0.39, 0.29) is 24.1 Å². The quantitative estimate of drug-likeness (QED) is 0.681. The monoisotopic (exact) mass is 508 g/mol. The Kier molecular flexibility index (Phi) is 7.79. The number of hydrogen-bond donors (Lipinski definition) is 1. The zero-order valence-corrected chi connectivity index (χ0v) is 21.7. The highest BCUT2D eigenvalue weighted by Crippen LogP contribution is 2.46. The third kappa shape index (κ3) is 5.51. The number of carbonyl (C=O) groups is 2. The summed E-state index contributed by atoms with van der Waals surface area (Å²) in [7, 11) is 3.21. The Balaban J connectivity index is 1.38. The van der Waals surface area contributed by atoms with Gasteiger partial charge in [-0.15, -0.1) is 0 Å². The lowest BCUT2D eigenvalue weighted by molar-refractivity contribution is -0.122. The Morgan fingerprint density at radius 2 is 2.00 bits per heavy atom. The van der Waals surface area contributed by atoms with Gasteiger partial charge in [0.05, 0.1) is 27.4 Å². The second-order valence-corrected chi connectivity index (χ2v) is 10.0. The normalized spacial score (nSPS) is 24.6. The number of methoxy groups -OCH3 is 2. The van der Waals surface area contributed by atoms with E-state index in [1.165, 1.54) is 12.0 Å². The maximum absolute atomic E-state index is 13.3. The fourth-order valence-corrected chi connectivity index (χ4v) is 5.98. The van der Waals surface area contributed by atoms with Crippen LogP contribution < -0.4 is 19.5 Å². The first-order valence-electron chi connectivity index (χ1n) is 13.2. The van der Waals surface area contributed by atoms with E-state index in [4.69, 9.17) is 14.2 Å². The molecule has 0 saturated carbocycles. The number of hydrogen-bond acceptors (Lipinski definition) is 7. The molecule has 5 rings (SSSR count). The van der Waals surface area contributed by atoms with Gasteiger partial charge in [0.15, 0.2) is 11.5 Å². The second-order valence-electron chi connectivity index (χ2n) is 10.0. The molecule has 0 spiro atoms. The van der Waals surface area contributed by atoms with Gasteiger partial charge in [-0.2, -0.15) is 0 Å². The summed E-state index contributed by atoms with van der Waals surface area (Å²) in [6, 6.07) is 10.3. The SMILES string of the molecule is COc1ccnc(C(=O)N2CCCCOc3cc(ccc3OC)[C@H]3C[C@H](CNC(=O)C2)[C@@H]2CCCN32)c1. The first kappa shape index (κ1) is 25.3. The van der Waals surface area contributed by atoms with Crippen molar-refractivity contribution >= 4 is 11.8 Å². The smallest absolute Gasteiger partial charge is 0.273 e. The molecule has 2 amide bonds. The average molecular weight is 509 g/mol. The second kappa shape index (κ2) is 11.4. The Bertz CT molecular complexity index is 1130. The van der Waals surface area contributed by atoms with Gasteiger partial charge in [-0.3, -0.25) is 19.5 Å². The molecule has 9 nitrogen and oxygen atoms in total. The summed E-state index contributed by atoms with van der Waals surface area (Å²) in [4.78, 5) is 34.7. The first-order valence-corrected chi connectivity index (χ1v) is 13.2. The molecule has 1 aromatic carbocycles. The molecule has 3 atom stereocenters. The molecule has 2 fully saturated rings. The summed E-state index contributed by atoms with van der Waals surface area (Å²) < 4.78 is 17.0. The van der Waals surface area contributed by atoms with Gasteiger partial charge in [-0.25, -0.2) is 0 Å². The van der Waals surface area contributed by atoms with Crippen LogP contribution >= 0.6 is 0 Å². The highest BCUT2D eigenvalue weighted by Gasteiger charge is 2.44. The Hall–Kier alpha value is -3.33. The Morgan fingerprint density at radius 3 is 2.84 bits per heavy atom. The van der Waals surface area contributed by atoms with Crippen LogP contribution in [0.5, 0.6) is 17.2 Å². The molecule has 198 valence electrons. The molecule has 4 heterocycles. The molecule has 3 aliphatic rings. The number of pyridine rings is 1. The van der Waals surface area contributed by atoms with Crippen molar-refractivity contribution in [3.8, 4) is 17.2 Å². The van der Waals surface area contributed by atoms with Gasteiger partial charge in [-0.1, -0.05) is 6.07 Å². The predicted molar refractivity (Wildman–Crippen MR) is 138 cm³/mol. The molecule has 9 heteroatoms. The molecule has 0 aliphatic carbocycles. The maximum Gasteiger partial charge on any atom is 0.273 e. The third-order valence-corrected chi connectivity index (χ3v) is 7.83. The molecule has 4 bridgehead atoms. The van der Waals surface area contributed by atoms with Crippen LogP contribution in [0.2, 0.25) is 0 Å². The van der Waals surface area contributed by atoms with E-state index < -0.39 is 0 Å². The largest absolute Gasteiger partial charge is 0.497 e. The minimum absolute atomic E-state index is 0.00399. The molecular formula is C28H36N4O5. The fraction of sp³-hybridized carbons (Fsp3) is 0.536. The van der Waals surface area contributed by atoms with Crippen molar-refractivity contribution in [3.63, 3.8) is 0 Å². The molecule has 2 aromatic rings. The van der Waals surface area contributed by atoms with Crippen LogP contribution in [-0.4, -0.2) is 79.6 Å². The van der Waals surface area contributed by atoms with Crippen LogP contribution in [0.25, 0.3) is 0 Å². The minimum Gasteiger partial charge on any atom is -0.497 e. The van der Waals surface area contributed by atoms with Crippen molar-refractivity contribution in [3.05, 3.63) is 47.8 Å². The van der Waals surface area contributed by atoms with Crippen molar-refractivity contribution in [2.24, 2.45) is 5.92 Å². The summed E-state index contributed by atoms with van der Waals surface area (Å²) in [6.07, 6.45) is 6.24. The molecule has 0 unspecified atom stereocenters. The number of rotatable bonds is 3. The Labute approximate surface area is 218 Å². The van der Waals surface area contributed by atoms with Gasteiger partial charge >= 0.3 is 0 Å². The van der Waals surface area contributed by atoms with E-state index in [0.29, 0.717) is 49.9 Å². The van der Waals surface area contributed by atoms with E-state index >= 15 is 0 Å². The summed E-state index contributed by atoms with van der Waals surface area (Å²) >= 11 is 0. The number of nitrogens with one attached hydrogen (secondary N) is 1. The highest BCUT2D eigenvalue weighted by molar-refractivity contribution is 5.95. The van der Waals surface area contributed by atoms with Crippen molar-refractivity contribution in [1.29, 1.82) is 0 Å². The summed E-state index contributed by atoms with van der Waals surface area (Å²) in [6.45, 7) is 2.59. The lowest BCUT2D eigenvalue weighted by atomic mass is 9.94. The van der Waals surface area contributed by atoms with E-state index in [9.17, 15) is 9.59 Å². The lowest BCUT2D eigenvalue weighted by Gasteiger charge is -2.25. The first-order chi connectivity index (χ1) is 18.1. The number of benzene rings is 1. The Morgan fingerprint density at radius 1 is 1.11 bits per heavy atom. The van der Waals surface area contributed by atoms with Crippen molar-refractivity contribution in [2.75, 3.05) is 47.0 Å². The highest BCUT2D eigenvalue weighted by atomic mass is 16.5. The zero-order valence-electron chi connectivity index (χ0n) is 21.7. The fourth-order valence-electron chi connectivity index (χ4n) is 5.98. The van der Waals surface area contributed by atoms with E-state index in [1.54, 1.807) is 37.4 Å². The zero-order chi connectivity index (χ0) is 25.8. The van der Waals surface area contributed by atoms with Gasteiger partial charge in [0.25, 0.3) is 5.91 Å². The number of aromatic nitrogens is 1. The van der Waals surface area contributed by atoms with Crippen molar-refractivity contribution < 1.29 is 23.8 Å². The van der Waals surface area contributed by atoms with Gasteiger partial charge in [0.2, 0.25) is 5.91 Å². The number of fused-ring (bicyclic) bond motifs is 8. The summed E-state index contributed by atoms with van der Waals surface area (Å²) in [5, 5.41) is 3.14. The molecule has 0 radical (unpaired) electrons.